The fourth-order valence-corrected chi connectivity index (χ4v) is 4.58. The Morgan fingerprint density at radius 3 is 2.56 bits per heavy atom. The minimum Gasteiger partial charge on any atom is -0.394 e. The van der Waals surface area contributed by atoms with E-state index in [0.717, 1.165) is 12.8 Å². The quantitative estimate of drug-likeness (QED) is 0.393. The van der Waals surface area contributed by atoms with Gasteiger partial charge < -0.3 is 26.0 Å². The van der Waals surface area contributed by atoms with Crippen LogP contribution in [0.1, 0.15) is 32.6 Å². The molecule has 0 unspecified atom stereocenters. The number of aliphatic hydroxyl groups is 1. The van der Waals surface area contributed by atoms with Gasteiger partial charge in [-0.3, -0.25) is 14.9 Å². The molecule has 0 spiro atoms. The van der Waals surface area contributed by atoms with Crippen molar-refractivity contribution in [1.82, 2.24) is 9.97 Å². The van der Waals surface area contributed by atoms with Crippen molar-refractivity contribution in [2.45, 2.75) is 38.6 Å². The summed E-state index contributed by atoms with van der Waals surface area (Å²) in [7, 11) is 0. The molecule has 2 fully saturated rings. The molecule has 2 saturated heterocycles. The van der Waals surface area contributed by atoms with Gasteiger partial charge in [-0.15, -0.1) is 0 Å². The number of piperidine rings is 1. The number of nitro groups is 1. The molecule has 2 aliphatic heterocycles. The van der Waals surface area contributed by atoms with Gasteiger partial charge in [0.2, 0.25) is 23.5 Å². The largest absolute Gasteiger partial charge is 0.394 e. The van der Waals surface area contributed by atoms with Gasteiger partial charge in [-0.05, 0) is 49.9 Å². The van der Waals surface area contributed by atoms with Gasteiger partial charge in [-0.1, -0.05) is 18.5 Å². The summed E-state index contributed by atoms with van der Waals surface area (Å²) < 4.78 is 0. The van der Waals surface area contributed by atoms with Gasteiger partial charge in [0.25, 0.3) is 0 Å². The molecule has 12 heteroatoms. The molecular weight excluding hydrogens is 462 g/mol. The van der Waals surface area contributed by atoms with E-state index in [2.05, 4.69) is 15.3 Å². The van der Waals surface area contributed by atoms with Crippen molar-refractivity contribution in [3.05, 3.63) is 39.4 Å². The van der Waals surface area contributed by atoms with E-state index in [4.69, 9.17) is 17.3 Å². The third-order valence-electron chi connectivity index (χ3n) is 6.75. The molecule has 2 aromatic rings. The smallest absolute Gasteiger partial charge is 0.353 e. The lowest BCUT2D eigenvalue weighted by atomic mass is 9.80. The van der Waals surface area contributed by atoms with Crippen molar-refractivity contribution in [2.75, 3.05) is 41.4 Å². The van der Waals surface area contributed by atoms with Crippen molar-refractivity contribution in [1.29, 1.82) is 0 Å². The van der Waals surface area contributed by atoms with Gasteiger partial charge in [0.05, 0.1) is 17.6 Å². The molecule has 1 atom stereocenters. The van der Waals surface area contributed by atoms with Crippen LogP contribution in [-0.4, -0.2) is 58.2 Å². The predicted octanol–water partition coefficient (Wildman–Crippen LogP) is 2.83. The number of hydrogen-bond donors (Lipinski definition) is 3. The van der Waals surface area contributed by atoms with Crippen molar-refractivity contribution in [3.63, 3.8) is 0 Å². The van der Waals surface area contributed by atoms with E-state index in [9.17, 15) is 20.0 Å². The van der Waals surface area contributed by atoms with Crippen LogP contribution in [0.15, 0.2) is 24.3 Å². The van der Waals surface area contributed by atoms with E-state index in [1.54, 1.807) is 24.3 Å². The number of aromatic nitrogens is 2. The van der Waals surface area contributed by atoms with Crippen molar-refractivity contribution in [3.8, 4) is 0 Å². The molecule has 0 radical (unpaired) electrons. The van der Waals surface area contributed by atoms with Gasteiger partial charge in [-0.2, -0.15) is 9.97 Å². The number of aliphatic hydroxyl groups excluding tert-OH is 1. The highest BCUT2D eigenvalue weighted by Gasteiger charge is 2.39. The first-order chi connectivity index (χ1) is 16.2. The zero-order valence-corrected chi connectivity index (χ0v) is 19.7. The average Bonchev–Trinajstić information content (AvgIpc) is 3.29. The summed E-state index contributed by atoms with van der Waals surface area (Å²) in [5, 5.41) is 25.6. The first kappa shape index (κ1) is 24.0. The van der Waals surface area contributed by atoms with Gasteiger partial charge in [0.1, 0.15) is 0 Å². The van der Waals surface area contributed by atoms with Gasteiger partial charge in [0.15, 0.2) is 0 Å². The highest BCUT2D eigenvalue weighted by molar-refractivity contribution is 6.30. The molecular formula is C22H28ClN7O4. The number of carbonyl (C=O) groups is 1. The molecule has 0 aliphatic carbocycles. The molecule has 4 rings (SSSR count). The topological polar surface area (TPSA) is 151 Å². The molecule has 1 aromatic heterocycles. The third kappa shape index (κ3) is 4.71. The zero-order valence-electron chi connectivity index (χ0n) is 18.9. The summed E-state index contributed by atoms with van der Waals surface area (Å²) in [6.45, 7) is 3.18. The fraction of sp³-hybridized carbons (Fsp3) is 0.500. The second kappa shape index (κ2) is 9.59. The number of nitrogens with zero attached hydrogens (tertiary/aromatic N) is 5. The molecule has 3 heterocycles. The molecule has 0 saturated carbocycles. The van der Waals surface area contributed by atoms with Crippen LogP contribution in [0.25, 0.3) is 0 Å². The molecule has 2 aliphatic rings. The number of nitrogens with two attached hydrogens (primary N) is 1. The lowest BCUT2D eigenvalue weighted by Crippen LogP contribution is -2.46. The summed E-state index contributed by atoms with van der Waals surface area (Å²) in [5.41, 5.74) is 5.25. The van der Waals surface area contributed by atoms with Gasteiger partial charge in [0, 0.05) is 35.8 Å². The summed E-state index contributed by atoms with van der Waals surface area (Å²) in [6, 6.07) is 6.61. The summed E-state index contributed by atoms with van der Waals surface area (Å²) >= 11 is 5.98. The number of amides is 1. The molecule has 1 aromatic carbocycles. The maximum atomic E-state index is 12.2. The average molecular weight is 490 g/mol. The van der Waals surface area contributed by atoms with Crippen LogP contribution in [0, 0.1) is 15.5 Å². The Labute approximate surface area is 202 Å². The molecule has 1 amide bonds. The summed E-state index contributed by atoms with van der Waals surface area (Å²) in [4.78, 5) is 36.5. The van der Waals surface area contributed by atoms with Gasteiger partial charge in [-0.25, -0.2) is 0 Å². The number of halogens is 1. The van der Waals surface area contributed by atoms with E-state index in [1.807, 2.05) is 16.7 Å². The Bertz CT molecular complexity index is 1070. The van der Waals surface area contributed by atoms with Crippen molar-refractivity contribution < 1.29 is 14.8 Å². The molecule has 11 nitrogen and oxygen atoms in total. The van der Waals surface area contributed by atoms with Crippen LogP contribution in [0.3, 0.4) is 0 Å². The van der Waals surface area contributed by atoms with Crippen molar-refractivity contribution >= 4 is 46.5 Å². The Hall–Kier alpha value is -3.18. The van der Waals surface area contributed by atoms with Crippen LogP contribution < -0.4 is 20.9 Å². The van der Waals surface area contributed by atoms with Gasteiger partial charge >= 0.3 is 5.69 Å². The maximum Gasteiger partial charge on any atom is 0.353 e. The van der Waals surface area contributed by atoms with E-state index in [1.165, 1.54) is 0 Å². The maximum absolute atomic E-state index is 12.2. The van der Waals surface area contributed by atoms with E-state index in [0.29, 0.717) is 49.1 Å². The second-order valence-corrected chi connectivity index (χ2v) is 9.45. The van der Waals surface area contributed by atoms with E-state index < -0.39 is 10.3 Å². The molecule has 0 bridgehead atoms. The highest BCUT2D eigenvalue weighted by atomic mass is 35.5. The Kier molecular flexibility index (Phi) is 6.76. The lowest BCUT2D eigenvalue weighted by Gasteiger charge is -2.37. The summed E-state index contributed by atoms with van der Waals surface area (Å²) in [5.74, 6) is 0.176. The minimum atomic E-state index is -0.664. The van der Waals surface area contributed by atoms with Crippen molar-refractivity contribution in [2.24, 2.45) is 11.1 Å². The standard InChI is InChI=1S/C22H28ClN7O4/c1-22(20(24)32)8-11-28(12-9-22)19-17(30(33)34)18(25-15-6-4-14(23)5-7-15)26-21(27-19)29-10-2-3-16(29)13-31/h4-7,16,31H,2-3,8-13H2,1H3,(H2,24,32)(H,25,26,27)/t16-/m0/s1. The number of benzene rings is 1. The fourth-order valence-electron chi connectivity index (χ4n) is 4.45. The van der Waals surface area contributed by atoms with E-state index in [-0.39, 0.29) is 35.9 Å². The molecule has 182 valence electrons. The van der Waals surface area contributed by atoms with E-state index >= 15 is 0 Å². The first-order valence-corrected chi connectivity index (χ1v) is 11.6. The SMILES string of the molecule is CC1(C(N)=O)CCN(c2nc(N3CCC[C@H]3CO)nc(Nc3ccc(Cl)cc3)c2[N+](=O)[O-])CC1. The van der Waals surface area contributed by atoms with Crippen LogP contribution >= 0.6 is 11.6 Å². The number of primary amides is 1. The van der Waals surface area contributed by atoms with Crippen LogP contribution in [0.2, 0.25) is 5.02 Å². The number of nitrogens with one attached hydrogen (secondary N) is 1. The highest BCUT2D eigenvalue weighted by Crippen LogP contribution is 2.40. The number of rotatable bonds is 7. The monoisotopic (exact) mass is 489 g/mol. The molecule has 4 N–H and O–H groups in total. The second-order valence-electron chi connectivity index (χ2n) is 9.02. The number of anilines is 4. The minimum absolute atomic E-state index is 0.0548. The summed E-state index contributed by atoms with van der Waals surface area (Å²) in [6.07, 6.45) is 2.57. The molecule has 34 heavy (non-hydrogen) atoms. The van der Waals surface area contributed by atoms with Crippen LogP contribution in [-0.2, 0) is 4.79 Å². The number of hydrogen-bond acceptors (Lipinski definition) is 9. The van der Waals surface area contributed by atoms with Crippen LogP contribution in [0.4, 0.5) is 29.0 Å². The third-order valence-corrected chi connectivity index (χ3v) is 7.00. The predicted molar refractivity (Wildman–Crippen MR) is 130 cm³/mol. The Morgan fingerprint density at radius 2 is 1.97 bits per heavy atom. The Balaban J connectivity index is 1.78. The van der Waals surface area contributed by atoms with Crippen LogP contribution in [0.5, 0.6) is 0 Å². The number of carbonyl (C=O) groups excluding carboxylic acids is 1. The Morgan fingerprint density at radius 1 is 1.29 bits per heavy atom. The first-order valence-electron chi connectivity index (χ1n) is 11.2. The zero-order chi connectivity index (χ0) is 24.5. The normalized spacial score (nSPS) is 19.8. The lowest BCUT2D eigenvalue weighted by molar-refractivity contribution is -0.383.